The molecule has 26 heavy (non-hydrogen) atoms. The largest absolute Gasteiger partial charge is 0.378 e. The second-order valence-electron chi connectivity index (χ2n) is 5.18. The number of rotatable bonds is 4. The van der Waals surface area contributed by atoms with Crippen LogP contribution in [-0.2, 0) is 12.1 Å². The predicted octanol–water partition coefficient (Wildman–Crippen LogP) is 3.17. The SMILES string of the molecule is O=[N+]([O-])O.OC(Cn1cncn1)(c1ccccc1)c1ccc(Cl)cc1Cl. The molecule has 1 heterocycles. The lowest BCUT2D eigenvalue weighted by Gasteiger charge is -2.30. The molecule has 8 nitrogen and oxygen atoms in total. The van der Waals surface area contributed by atoms with Gasteiger partial charge in [-0.15, -0.1) is 10.1 Å². The van der Waals surface area contributed by atoms with Gasteiger partial charge < -0.3 is 10.3 Å². The summed E-state index contributed by atoms with van der Waals surface area (Å²) in [5, 5.41) is 30.0. The van der Waals surface area contributed by atoms with E-state index in [1.54, 1.807) is 29.2 Å². The Morgan fingerprint density at radius 3 is 2.38 bits per heavy atom. The zero-order valence-corrected chi connectivity index (χ0v) is 14.7. The third-order valence-electron chi connectivity index (χ3n) is 3.49. The second kappa shape index (κ2) is 8.61. The molecule has 0 aliphatic carbocycles. The van der Waals surface area contributed by atoms with E-state index in [4.69, 9.17) is 38.5 Å². The van der Waals surface area contributed by atoms with Gasteiger partial charge in [-0.1, -0.05) is 59.6 Å². The summed E-state index contributed by atoms with van der Waals surface area (Å²) in [6.45, 7) is 0.193. The van der Waals surface area contributed by atoms with Crippen molar-refractivity contribution in [1.29, 1.82) is 0 Å². The van der Waals surface area contributed by atoms with Gasteiger partial charge in [0.15, 0.2) is 0 Å². The van der Waals surface area contributed by atoms with Gasteiger partial charge in [-0.2, -0.15) is 5.10 Å². The lowest BCUT2D eigenvalue weighted by molar-refractivity contribution is -0.742. The summed E-state index contributed by atoms with van der Waals surface area (Å²) in [7, 11) is 0. The van der Waals surface area contributed by atoms with Crippen LogP contribution in [0.15, 0.2) is 61.2 Å². The van der Waals surface area contributed by atoms with Crippen molar-refractivity contribution in [2.75, 3.05) is 0 Å². The molecule has 3 aromatic rings. The van der Waals surface area contributed by atoms with Gasteiger partial charge >= 0.3 is 0 Å². The molecule has 0 amide bonds. The minimum absolute atomic E-state index is 0.193. The van der Waals surface area contributed by atoms with E-state index in [0.717, 1.165) is 5.56 Å². The number of nitrogens with zero attached hydrogens (tertiary/aromatic N) is 4. The minimum atomic E-state index is -1.50. The molecule has 1 unspecified atom stereocenters. The molecule has 0 radical (unpaired) electrons. The molecule has 136 valence electrons. The fraction of sp³-hybridized carbons (Fsp3) is 0.125. The molecule has 0 saturated carbocycles. The molecule has 0 aliphatic heterocycles. The Hall–Kier alpha value is -2.68. The summed E-state index contributed by atoms with van der Waals surface area (Å²) >= 11 is 12.3. The summed E-state index contributed by atoms with van der Waals surface area (Å²) < 4.78 is 1.57. The van der Waals surface area contributed by atoms with Gasteiger partial charge in [-0.05, 0) is 17.7 Å². The molecule has 0 saturated heterocycles. The molecule has 3 rings (SSSR count). The third kappa shape index (κ3) is 4.92. The van der Waals surface area contributed by atoms with Crippen molar-refractivity contribution in [2.45, 2.75) is 12.1 Å². The van der Waals surface area contributed by atoms with Gasteiger partial charge in [-0.3, -0.25) is 0 Å². The van der Waals surface area contributed by atoms with E-state index in [2.05, 4.69) is 10.1 Å². The van der Waals surface area contributed by atoms with Crippen LogP contribution in [0.4, 0.5) is 0 Å². The molecule has 10 heteroatoms. The van der Waals surface area contributed by atoms with Gasteiger partial charge in [-0.25, -0.2) is 9.67 Å². The smallest absolute Gasteiger partial charge is 0.291 e. The molecule has 0 fully saturated rings. The Balaban J connectivity index is 0.000000552. The molecule has 0 bridgehead atoms. The van der Waals surface area contributed by atoms with Crippen molar-refractivity contribution in [1.82, 2.24) is 14.8 Å². The van der Waals surface area contributed by atoms with Crippen molar-refractivity contribution in [3.8, 4) is 0 Å². The predicted molar refractivity (Wildman–Crippen MR) is 94.7 cm³/mol. The van der Waals surface area contributed by atoms with Crippen LogP contribution in [0.3, 0.4) is 0 Å². The minimum Gasteiger partial charge on any atom is -0.378 e. The van der Waals surface area contributed by atoms with E-state index in [9.17, 15) is 5.11 Å². The van der Waals surface area contributed by atoms with Crippen LogP contribution < -0.4 is 0 Å². The van der Waals surface area contributed by atoms with E-state index >= 15 is 0 Å². The molecule has 1 atom stereocenters. The van der Waals surface area contributed by atoms with Crippen molar-refractivity contribution in [3.63, 3.8) is 0 Å². The van der Waals surface area contributed by atoms with Gasteiger partial charge in [0.2, 0.25) is 0 Å². The first-order chi connectivity index (χ1) is 12.3. The molecular formula is C16H14Cl2N4O4. The number of halogens is 2. The quantitative estimate of drug-likeness (QED) is 0.516. The summed E-state index contributed by atoms with van der Waals surface area (Å²) in [6, 6.07) is 14.4. The average Bonchev–Trinajstić information content (AvgIpc) is 3.07. The Bertz CT molecular complexity index is 858. The fourth-order valence-corrected chi connectivity index (χ4v) is 2.98. The first kappa shape index (κ1) is 19.6. The Morgan fingerprint density at radius 2 is 1.85 bits per heavy atom. The maximum atomic E-state index is 11.4. The average molecular weight is 397 g/mol. The highest BCUT2D eigenvalue weighted by atomic mass is 35.5. The normalized spacial score (nSPS) is 12.6. The maximum absolute atomic E-state index is 11.4. The van der Waals surface area contributed by atoms with E-state index in [0.29, 0.717) is 15.6 Å². The number of aromatic nitrogens is 3. The first-order valence-corrected chi connectivity index (χ1v) is 7.97. The van der Waals surface area contributed by atoms with Gasteiger partial charge in [0.05, 0.1) is 6.54 Å². The summed E-state index contributed by atoms with van der Waals surface area (Å²) in [4.78, 5) is 12.3. The topological polar surface area (TPSA) is 114 Å². The molecule has 1 aromatic heterocycles. The number of benzene rings is 2. The Labute approximate surface area is 158 Å². The van der Waals surface area contributed by atoms with Crippen LogP contribution in [-0.4, -0.2) is 30.2 Å². The van der Waals surface area contributed by atoms with Gasteiger partial charge in [0.1, 0.15) is 18.3 Å². The van der Waals surface area contributed by atoms with Gasteiger partial charge in [0.25, 0.3) is 5.09 Å². The highest BCUT2D eigenvalue weighted by molar-refractivity contribution is 6.35. The van der Waals surface area contributed by atoms with Crippen molar-refractivity contribution in [3.05, 3.63) is 92.5 Å². The first-order valence-electron chi connectivity index (χ1n) is 7.22. The molecule has 2 N–H and O–H groups in total. The molecular weight excluding hydrogens is 383 g/mol. The Morgan fingerprint density at radius 1 is 1.19 bits per heavy atom. The van der Waals surface area contributed by atoms with Crippen LogP contribution in [0.25, 0.3) is 0 Å². The summed E-state index contributed by atoms with van der Waals surface area (Å²) in [6.07, 6.45) is 2.98. The third-order valence-corrected chi connectivity index (χ3v) is 4.03. The van der Waals surface area contributed by atoms with Crippen LogP contribution in [0.1, 0.15) is 11.1 Å². The lowest BCUT2D eigenvalue weighted by atomic mass is 9.86. The van der Waals surface area contributed by atoms with Crippen LogP contribution in [0.2, 0.25) is 10.0 Å². The number of hydrogen-bond donors (Lipinski definition) is 2. The van der Waals surface area contributed by atoms with Crippen LogP contribution in [0.5, 0.6) is 0 Å². The van der Waals surface area contributed by atoms with E-state index in [1.807, 2.05) is 30.3 Å². The van der Waals surface area contributed by atoms with E-state index < -0.39 is 10.7 Å². The lowest BCUT2D eigenvalue weighted by Crippen LogP contribution is -2.33. The molecule has 0 aliphatic rings. The van der Waals surface area contributed by atoms with E-state index in [-0.39, 0.29) is 6.54 Å². The number of aliphatic hydroxyl groups is 1. The highest BCUT2D eigenvalue weighted by Gasteiger charge is 2.34. The number of hydrogen-bond acceptors (Lipinski definition) is 5. The van der Waals surface area contributed by atoms with Crippen molar-refractivity contribution in [2.24, 2.45) is 0 Å². The molecule has 2 aromatic carbocycles. The fourth-order valence-electron chi connectivity index (χ4n) is 2.42. The zero-order valence-electron chi connectivity index (χ0n) is 13.2. The second-order valence-corrected chi connectivity index (χ2v) is 6.02. The van der Waals surface area contributed by atoms with Crippen LogP contribution in [0, 0.1) is 10.1 Å². The van der Waals surface area contributed by atoms with Gasteiger partial charge in [0, 0.05) is 15.6 Å². The van der Waals surface area contributed by atoms with E-state index in [1.165, 1.54) is 6.33 Å². The van der Waals surface area contributed by atoms with Crippen LogP contribution >= 0.6 is 23.2 Å². The Kier molecular flexibility index (Phi) is 6.51. The summed E-state index contributed by atoms with van der Waals surface area (Å²) in [5.74, 6) is 0. The monoisotopic (exact) mass is 396 g/mol. The van der Waals surface area contributed by atoms with Crippen molar-refractivity contribution >= 4 is 23.2 Å². The van der Waals surface area contributed by atoms with Crippen molar-refractivity contribution < 1.29 is 15.4 Å². The molecule has 0 spiro atoms. The summed E-state index contributed by atoms with van der Waals surface area (Å²) in [5.41, 5.74) is -0.0496. The zero-order chi connectivity index (χ0) is 19.2. The standard InChI is InChI=1S/C16H13Cl2N3O.HNO3/c17-13-6-7-14(15(18)8-13)16(22,9-21-11-19-10-20-21)12-4-2-1-3-5-12;2-1(3)4/h1-8,10-11,22H,9H2;(H,2,3,4). The maximum Gasteiger partial charge on any atom is 0.291 e. The highest BCUT2D eigenvalue weighted by Crippen LogP contribution is 2.36.